The van der Waals surface area contributed by atoms with Crippen molar-refractivity contribution in [2.45, 2.75) is 38.5 Å². The van der Waals surface area contributed by atoms with Crippen LogP contribution in [0.3, 0.4) is 0 Å². The highest BCUT2D eigenvalue weighted by Crippen LogP contribution is 2.27. The Balaban J connectivity index is 2.22. The fourth-order valence-electron chi connectivity index (χ4n) is 2.50. The molecular formula is C14H21FN2O. The van der Waals surface area contributed by atoms with E-state index >= 15 is 0 Å². The predicted octanol–water partition coefficient (Wildman–Crippen LogP) is 2.46. The Morgan fingerprint density at radius 2 is 2.22 bits per heavy atom. The molecule has 0 amide bonds. The molecule has 0 radical (unpaired) electrons. The van der Waals surface area contributed by atoms with E-state index in [4.69, 9.17) is 10.5 Å². The van der Waals surface area contributed by atoms with Gasteiger partial charge in [-0.15, -0.1) is 0 Å². The van der Waals surface area contributed by atoms with Crippen LogP contribution in [0.5, 0.6) is 0 Å². The van der Waals surface area contributed by atoms with E-state index in [2.05, 4.69) is 0 Å². The summed E-state index contributed by atoms with van der Waals surface area (Å²) in [6, 6.07) is 5.31. The first-order chi connectivity index (χ1) is 8.50. The van der Waals surface area contributed by atoms with Crippen molar-refractivity contribution in [1.82, 2.24) is 0 Å². The number of nitrogens with zero attached hydrogens (tertiary/aromatic N) is 1. The predicted molar refractivity (Wildman–Crippen MR) is 71.2 cm³/mol. The molecule has 0 aliphatic carbocycles. The average Bonchev–Trinajstić information content (AvgIpc) is 2.74. The van der Waals surface area contributed by atoms with Gasteiger partial charge in [-0.25, -0.2) is 4.39 Å². The lowest BCUT2D eigenvalue weighted by Crippen LogP contribution is -2.37. The fraction of sp³-hybridized carbons (Fsp3) is 0.571. The zero-order valence-corrected chi connectivity index (χ0v) is 11.2. The molecule has 18 heavy (non-hydrogen) atoms. The molecule has 2 N–H and O–H groups in total. The van der Waals surface area contributed by atoms with E-state index in [1.165, 1.54) is 6.07 Å². The second kappa shape index (κ2) is 5.24. The Morgan fingerprint density at radius 1 is 1.50 bits per heavy atom. The summed E-state index contributed by atoms with van der Waals surface area (Å²) in [5.41, 5.74) is 7.19. The molecule has 1 aromatic rings. The van der Waals surface area contributed by atoms with Crippen LogP contribution in [0.4, 0.5) is 10.1 Å². The van der Waals surface area contributed by atoms with Crippen LogP contribution < -0.4 is 10.6 Å². The fourth-order valence-corrected chi connectivity index (χ4v) is 2.50. The van der Waals surface area contributed by atoms with Crippen molar-refractivity contribution >= 4 is 5.69 Å². The number of hydrogen-bond donors (Lipinski definition) is 1. The van der Waals surface area contributed by atoms with Crippen LogP contribution in [0, 0.1) is 5.82 Å². The van der Waals surface area contributed by atoms with Crippen molar-refractivity contribution in [2.75, 3.05) is 18.6 Å². The SMILES string of the molecule is CC1OCCC1N(C)c1ccc([C@H](C)N)cc1F. The largest absolute Gasteiger partial charge is 0.376 e. The van der Waals surface area contributed by atoms with E-state index in [9.17, 15) is 4.39 Å². The van der Waals surface area contributed by atoms with Crippen molar-refractivity contribution in [3.05, 3.63) is 29.6 Å². The molecule has 4 heteroatoms. The lowest BCUT2D eigenvalue weighted by atomic mass is 10.1. The van der Waals surface area contributed by atoms with Crippen molar-refractivity contribution in [1.29, 1.82) is 0 Å². The minimum atomic E-state index is -0.216. The third kappa shape index (κ3) is 2.49. The first kappa shape index (κ1) is 13.3. The maximum atomic E-state index is 14.1. The quantitative estimate of drug-likeness (QED) is 0.898. The molecule has 0 aromatic heterocycles. The number of hydrogen-bond acceptors (Lipinski definition) is 3. The third-order valence-electron chi connectivity index (χ3n) is 3.71. The van der Waals surface area contributed by atoms with E-state index in [0.717, 1.165) is 18.6 Å². The molecule has 1 fully saturated rings. The van der Waals surface area contributed by atoms with Gasteiger partial charge in [-0.3, -0.25) is 0 Å². The molecule has 3 atom stereocenters. The van der Waals surface area contributed by atoms with Gasteiger partial charge < -0.3 is 15.4 Å². The summed E-state index contributed by atoms with van der Waals surface area (Å²) in [5.74, 6) is -0.216. The van der Waals surface area contributed by atoms with Crippen LogP contribution in [0.25, 0.3) is 0 Å². The number of anilines is 1. The van der Waals surface area contributed by atoms with Gasteiger partial charge in [0.25, 0.3) is 0 Å². The molecule has 1 saturated heterocycles. The van der Waals surface area contributed by atoms with E-state index < -0.39 is 0 Å². The number of likely N-dealkylation sites (N-methyl/N-ethyl adjacent to an activating group) is 1. The highest BCUT2D eigenvalue weighted by molar-refractivity contribution is 5.50. The van der Waals surface area contributed by atoms with Crippen molar-refractivity contribution in [3.63, 3.8) is 0 Å². The molecule has 0 bridgehead atoms. The minimum Gasteiger partial charge on any atom is -0.376 e. The van der Waals surface area contributed by atoms with Crippen molar-refractivity contribution in [3.8, 4) is 0 Å². The zero-order valence-electron chi connectivity index (χ0n) is 11.2. The first-order valence-corrected chi connectivity index (χ1v) is 6.40. The van der Waals surface area contributed by atoms with Gasteiger partial charge in [0.05, 0.1) is 17.8 Å². The first-order valence-electron chi connectivity index (χ1n) is 6.40. The second-order valence-corrected chi connectivity index (χ2v) is 5.04. The van der Waals surface area contributed by atoms with Gasteiger partial charge in [0.15, 0.2) is 0 Å². The molecule has 0 saturated carbocycles. The van der Waals surface area contributed by atoms with Crippen LogP contribution in [0.15, 0.2) is 18.2 Å². The van der Waals surface area contributed by atoms with Crippen LogP contribution >= 0.6 is 0 Å². The lowest BCUT2D eigenvalue weighted by molar-refractivity contribution is 0.118. The molecule has 1 aliphatic heterocycles. The van der Waals surface area contributed by atoms with E-state index in [1.54, 1.807) is 6.07 Å². The summed E-state index contributed by atoms with van der Waals surface area (Å²) in [5, 5.41) is 0. The van der Waals surface area contributed by atoms with Gasteiger partial charge >= 0.3 is 0 Å². The maximum absolute atomic E-state index is 14.1. The smallest absolute Gasteiger partial charge is 0.146 e. The lowest BCUT2D eigenvalue weighted by Gasteiger charge is -2.29. The van der Waals surface area contributed by atoms with Gasteiger partial charge in [-0.1, -0.05) is 6.07 Å². The van der Waals surface area contributed by atoms with E-state index in [-0.39, 0.29) is 24.0 Å². The van der Waals surface area contributed by atoms with Crippen LogP contribution in [0.2, 0.25) is 0 Å². The standard InChI is InChI=1S/C14H21FN2O/c1-9(16)11-4-5-14(12(15)8-11)17(3)13-6-7-18-10(13)2/h4-5,8-10,13H,6-7,16H2,1-3H3/t9-,10?,13?/m0/s1. The number of nitrogens with two attached hydrogens (primary N) is 1. The molecule has 2 unspecified atom stereocenters. The Kier molecular flexibility index (Phi) is 3.88. The average molecular weight is 252 g/mol. The number of halogens is 1. The normalized spacial score (nSPS) is 25.2. The zero-order chi connectivity index (χ0) is 13.3. The van der Waals surface area contributed by atoms with E-state index in [1.807, 2.05) is 31.9 Å². The van der Waals surface area contributed by atoms with Gasteiger partial charge in [0, 0.05) is 19.7 Å². The molecular weight excluding hydrogens is 231 g/mol. The topological polar surface area (TPSA) is 38.5 Å². The molecule has 2 rings (SSSR count). The highest BCUT2D eigenvalue weighted by atomic mass is 19.1. The van der Waals surface area contributed by atoms with Crippen molar-refractivity contribution in [2.24, 2.45) is 5.73 Å². The van der Waals surface area contributed by atoms with Crippen LogP contribution in [-0.2, 0) is 4.74 Å². The maximum Gasteiger partial charge on any atom is 0.146 e. The summed E-state index contributed by atoms with van der Waals surface area (Å²) >= 11 is 0. The number of benzene rings is 1. The van der Waals surface area contributed by atoms with E-state index in [0.29, 0.717) is 5.69 Å². The molecule has 1 heterocycles. The molecule has 1 aliphatic rings. The summed E-state index contributed by atoms with van der Waals surface area (Å²) in [6.45, 7) is 4.63. The van der Waals surface area contributed by atoms with Gasteiger partial charge in [-0.2, -0.15) is 0 Å². The summed E-state index contributed by atoms with van der Waals surface area (Å²) in [6.07, 6.45) is 1.08. The van der Waals surface area contributed by atoms with Crippen LogP contribution in [0.1, 0.15) is 31.9 Å². The highest BCUT2D eigenvalue weighted by Gasteiger charge is 2.29. The molecule has 100 valence electrons. The Labute approximate surface area is 108 Å². The van der Waals surface area contributed by atoms with Crippen molar-refractivity contribution < 1.29 is 9.13 Å². The summed E-state index contributed by atoms with van der Waals surface area (Å²) in [7, 11) is 1.92. The Hall–Kier alpha value is -1.13. The van der Waals surface area contributed by atoms with Gasteiger partial charge in [-0.05, 0) is 38.0 Å². The van der Waals surface area contributed by atoms with Gasteiger partial charge in [0.2, 0.25) is 0 Å². The molecule has 1 aromatic carbocycles. The van der Waals surface area contributed by atoms with Crippen LogP contribution in [-0.4, -0.2) is 25.8 Å². The molecule has 0 spiro atoms. The summed E-state index contributed by atoms with van der Waals surface area (Å²) < 4.78 is 19.6. The molecule has 3 nitrogen and oxygen atoms in total. The Bertz CT molecular complexity index is 422. The monoisotopic (exact) mass is 252 g/mol. The van der Waals surface area contributed by atoms with Gasteiger partial charge in [0.1, 0.15) is 5.82 Å². The Morgan fingerprint density at radius 3 is 2.72 bits per heavy atom. The second-order valence-electron chi connectivity index (χ2n) is 5.04. The third-order valence-corrected chi connectivity index (χ3v) is 3.71. The minimum absolute atomic E-state index is 0.141. The number of rotatable bonds is 3. The number of ether oxygens (including phenoxy) is 1. The summed E-state index contributed by atoms with van der Waals surface area (Å²) in [4.78, 5) is 1.97.